The summed E-state index contributed by atoms with van der Waals surface area (Å²) in [6.07, 6.45) is 17.7. The average Bonchev–Trinajstić information content (AvgIpc) is 2.49. The number of aliphatic hydroxyl groups excluding tert-OH is 1. The summed E-state index contributed by atoms with van der Waals surface area (Å²) in [6, 6.07) is 0. The fourth-order valence-electron chi connectivity index (χ4n) is 2.84. The number of carboxylic acids is 1. The van der Waals surface area contributed by atoms with E-state index in [1.807, 2.05) is 0 Å². The zero-order valence-electron chi connectivity index (χ0n) is 14.7. The number of rotatable bonds is 17. The lowest BCUT2D eigenvalue weighted by molar-refractivity contribution is -0.137. The lowest BCUT2D eigenvalue weighted by atomic mass is 10.0. The first kappa shape index (κ1) is 21.4. The van der Waals surface area contributed by atoms with Crippen molar-refractivity contribution in [2.45, 2.75) is 116 Å². The van der Waals surface area contributed by atoms with Crippen LogP contribution in [0.4, 0.5) is 0 Å². The summed E-state index contributed by atoms with van der Waals surface area (Å²) < 4.78 is 0. The Balaban J connectivity index is 3.11. The van der Waals surface area contributed by atoms with Crippen molar-refractivity contribution in [3.8, 4) is 0 Å². The van der Waals surface area contributed by atoms with Crippen molar-refractivity contribution >= 4 is 5.97 Å². The number of carboxylic acid groups (broad SMARTS) is 1. The van der Waals surface area contributed by atoms with Crippen LogP contribution in [0.1, 0.15) is 110 Å². The molecule has 22 heavy (non-hydrogen) atoms. The second-order valence-electron chi connectivity index (χ2n) is 6.62. The molecule has 0 aliphatic rings. The summed E-state index contributed by atoms with van der Waals surface area (Å²) in [5, 5.41) is 18.4. The molecule has 0 amide bonds. The van der Waals surface area contributed by atoms with Gasteiger partial charge in [-0.1, -0.05) is 84.0 Å². The van der Waals surface area contributed by atoms with Crippen molar-refractivity contribution in [2.24, 2.45) is 0 Å². The summed E-state index contributed by atoms with van der Waals surface area (Å²) in [7, 11) is 0. The Labute approximate surface area is 137 Å². The Kier molecular flexibility index (Phi) is 16.4. The minimum absolute atomic E-state index is 0.0777. The number of carbonyl (C=O) groups is 1. The van der Waals surface area contributed by atoms with Gasteiger partial charge in [0.05, 0.1) is 6.10 Å². The highest BCUT2D eigenvalue weighted by atomic mass is 16.4. The minimum Gasteiger partial charge on any atom is -0.481 e. The van der Waals surface area contributed by atoms with Crippen LogP contribution in [0.25, 0.3) is 0 Å². The van der Waals surface area contributed by atoms with Gasteiger partial charge in [-0.3, -0.25) is 4.79 Å². The topological polar surface area (TPSA) is 57.5 Å². The number of hydrogen-bond donors (Lipinski definition) is 2. The van der Waals surface area contributed by atoms with Gasteiger partial charge in [-0.15, -0.1) is 0 Å². The van der Waals surface area contributed by atoms with Crippen LogP contribution in [0.3, 0.4) is 0 Å². The third-order valence-electron chi connectivity index (χ3n) is 4.32. The van der Waals surface area contributed by atoms with Crippen LogP contribution >= 0.6 is 0 Å². The Bertz CT molecular complexity index is 241. The van der Waals surface area contributed by atoms with Crippen LogP contribution < -0.4 is 0 Å². The van der Waals surface area contributed by atoms with Crippen molar-refractivity contribution < 1.29 is 15.0 Å². The second-order valence-corrected chi connectivity index (χ2v) is 6.62. The number of aliphatic hydroxyl groups is 1. The third kappa shape index (κ3) is 17.5. The molecule has 0 aromatic heterocycles. The van der Waals surface area contributed by atoms with E-state index in [9.17, 15) is 9.90 Å². The van der Waals surface area contributed by atoms with Gasteiger partial charge in [0.2, 0.25) is 0 Å². The van der Waals surface area contributed by atoms with E-state index in [0.29, 0.717) is 6.42 Å². The molecule has 0 aromatic rings. The standard InChI is InChI=1S/C19H38O3/c1-2-3-4-12-15-18(20)16-13-10-8-6-5-7-9-11-14-17-19(21)22/h18,20H,2-17H2,1H3,(H,21,22)/t18-/m1/s1. The highest BCUT2D eigenvalue weighted by Crippen LogP contribution is 2.14. The monoisotopic (exact) mass is 314 g/mol. The van der Waals surface area contributed by atoms with Gasteiger partial charge in [0.25, 0.3) is 0 Å². The van der Waals surface area contributed by atoms with Crippen LogP contribution in [0.5, 0.6) is 0 Å². The zero-order chi connectivity index (χ0) is 16.5. The average molecular weight is 315 g/mol. The van der Waals surface area contributed by atoms with E-state index in [2.05, 4.69) is 6.92 Å². The quantitative estimate of drug-likeness (QED) is 0.339. The molecule has 2 N–H and O–H groups in total. The van der Waals surface area contributed by atoms with Gasteiger partial charge in [-0.2, -0.15) is 0 Å². The van der Waals surface area contributed by atoms with Crippen molar-refractivity contribution in [1.29, 1.82) is 0 Å². The molecule has 0 saturated carbocycles. The van der Waals surface area contributed by atoms with E-state index in [1.165, 1.54) is 64.2 Å². The molecule has 0 spiro atoms. The fraction of sp³-hybridized carbons (Fsp3) is 0.947. The molecule has 0 radical (unpaired) electrons. The predicted octanol–water partition coefficient (Wildman–Crippen LogP) is 5.69. The highest BCUT2D eigenvalue weighted by Gasteiger charge is 2.03. The predicted molar refractivity (Wildman–Crippen MR) is 93.2 cm³/mol. The molecule has 0 saturated heterocycles. The maximum atomic E-state index is 10.4. The smallest absolute Gasteiger partial charge is 0.303 e. The van der Waals surface area contributed by atoms with Crippen LogP contribution in [-0.2, 0) is 4.79 Å². The largest absolute Gasteiger partial charge is 0.481 e. The van der Waals surface area contributed by atoms with E-state index >= 15 is 0 Å². The molecule has 0 aliphatic heterocycles. The van der Waals surface area contributed by atoms with Crippen LogP contribution in [0.2, 0.25) is 0 Å². The minimum atomic E-state index is -0.674. The maximum Gasteiger partial charge on any atom is 0.303 e. The summed E-state index contributed by atoms with van der Waals surface area (Å²) >= 11 is 0. The summed E-state index contributed by atoms with van der Waals surface area (Å²) in [5.74, 6) is -0.674. The van der Waals surface area contributed by atoms with Crippen molar-refractivity contribution in [3.05, 3.63) is 0 Å². The molecule has 0 aliphatic carbocycles. The molecule has 0 fully saturated rings. The molecular formula is C19H38O3. The maximum absolute atomic E-state index is 10.4. The number of hydrogen-bond acceptors (Lipinski definition) is 2. The first-order valence-corrected chi connectivity index (χ1v) is 9.56. The molecule has 0 heterocycles. The normalized spacial score (nSPS) is 12.5. The lowest BCUT2D eigenvalue weighted by Crippen LogP contribution is -2.05. The van der Waals surface area contributed by atoms with Gasteiger partial charge < -0.3 is 10.2 Å². The Morgan fingerprint density at radius 1 is 0.727 bits per heavy atom. The molecule has 132 valence electrons. The molecule has 0 rings (SSSR count). The van der Waals surface area contributed by atoms with E-state index in [0.717, 1.165) is 32.1 Å². The van der Waals surface area contributed by atoms with Gasteiger partial charge in [-0.05, 0) is 19.3 Å². The van der Waals surface area contributed by atoms with Gasteiger partial charge >= 0.3 is 5.97 Å². The molecule has 0 bridgehead atoms. The fourth-order valence-corrected chi connectivity index (χ4v) is 2.84. The van der Waals surface area contributed by atoms with Crippen molar-refractivity contribution in [2.75, 3.05) is 0 Å². The molecule has 0 unspecified atom stereocenters. The third-order valence-corrected chi connectivity index (χ3v) is 4.32. The lowest BCUT2D eigenvalue weighted by Gasteiger charge is -2.10. The van der Waals surface area contributed by atoms with Gasteiger partial charge in [0, 0.05) is 6.42 Å². The molecule has 3 heteroatoms. The van der Waals surface area contributed by atoms with Gasteiger partial charge in [0.1, 0.15) is 0 Å². The van der Waals surface area contributed by atoms with E-state index in [-0.39, 0.29) is 6.10 Å². The van der Waals surface area contributed by atoms with E-state index in [1.54, 1.807) is 0 Å². The van der Waals surface area contributed by atoms with Crippen molar-refractivity contribution in [1.82, 2.24) is 0 Å². The van der Waals surface area contributed by atoms with Gasteiger partial charge in [-0.25, -0.2) is 0 Å². The summed E-state index contributed by atoms with van der Waals surface area (Å²) in [6.45, 7) is 2.21. The molecule has 0 aromatic carbocycles. The zero-order valence-corrected chi connectivity index (χ0v) is 14.7. The Morgan fingerprint density at radius 3 is 1.59 bits per heavy atom. The highest BCUT2D eigenvalue weighted by molar-refractivity contribution is 5.66. The second kappa shape index (κ2) is 16.8. The first-order chi connectivity index (χ1) is 10.7. The van der Waals surface area contributed by atoms with E-state index in [4.69, 9.17) is 5.11 Å². The first-order valence-electron chi connectivity index (χ1n) is 9.56. The summed E-state index contributed by atoms with van der Waals surface area (Å²) in [5.41, 5.74) is 0. The number of unbranched alkanes of at least 4 members (excludes halogenated alkanes) is 11. The molecule has 3 nitrogen and oxygen atoms in total. The Hall–Kier alpha value is -0.570. The van der Waals surface area contributed by atoms with Crippen LogP contribution in [0, 0.1) is 0 Å². The van der Waals surface area contributed by atoms with E-state index < -0.39 is 5.97 Å². The molecular weight excluding hydrogens is 276 g/mol. The van der Waals surface area contributed by atoms with Crippen molar-refractivity contribution in [3.63, 3.8) is 0 Å². The Morgan fingerprint density at radius 2 is 1.14 bits per heavy atom. The number of aliphatic carboxylic acids is 1. The van der Waals surface area contributed by atoms with Gasteiger partial charge in [0.15, 0.2) is 0 Å². The SMILES string of the molecule is CCCCCC[C@@H](O)CCCCCCCCCCCC(=O)O. The van der Waals surface area contributed by atoms with Crippen LogP contribution in [-0.4, -0.2) is 22.3 Å². The van der Waals surface area contributed by atoms with Crippen LogP contribution in [0.15, 0.2) is 0 Å². The molecule has 1 atom stereocenters. The summed E-state index contributed by atoms with van der Waals surface area (Å²) in [4.78, 5) is 10.4.